The summed E-state index contributed by atoms with van der Waals surface area (Å²) in [7, 11) is 0. The summed E-state index contributed by atoms with van der Waals surface area (Å²) < 4.78 is 13.4. The highest BCUT2D eigenvalue weighted by molar-refractivity contribution is 7.08. The van der Waals surface area contributed by atoms with Crippen LogP contribution in [0.4, 0.5) is 4.39 Å². The summed E-state index contributed by atoms with van der Waals surface area (Å²) in [4.78, 5) is 11.8. The summed E-state index contributed by atoms with van der Waals surface area (Å²) in [6.45, 7) is 0. The first-order chi connectivity index (χ1) is 7.18. The molecule has 0 unspecified atom stereocenters. The van der Waals surface area contributed by atoms with Crippen LogP contribution in [0.1, 0.15) is 15.9 Å². The van der Waals surface area contributed by atoms with Crippen LogP contribution in [0.3, 0.4) is 0 Å². The molecule has 0 saturated carbocycles. The van der Waals surface area contributed by atoms with Gasteiger partial charge in [0.2, 0.25) is 0 Å². The molecule has 0 aliphatic carbocycles. The summed E-state index contributed by atoms with van der Waals surface area (Å²) >= 11 is 7.00. The van der Waals surface area contributed by atoms with Gasteiger partial charge in [0.1, 0.15) is 5.82 Å². The number of hydrogen-bond acceptors (Lipinski definition) is 2. The topological polar surface area (TPSA) is 17.1 Å². The van der Waals surface area contributed by atoms with Gasteiger partial charge in [-0.05, 0) is 29.6 Å². The zero-order valence-corrected chi connectivity index (χ0v) is 9.11. The van der Waals surface area contributed by atoms with Crippen molar-refractivity contribution in [1.29, 1.82) is 0 Å². The van der Waals surface area contributed by atoms with Crippen molar-refractivity contribution >= 4 is 28.7 Å². The number of thiophene rings is 1. The summed E-state index contributed by atoms with van der Waals surface area (Å²) in [5.41, 5.74) is 0.555. The van der Waals surface area contributed by atoms with Gasteiger partial charge in [-0.1, -0.05) is 11.6 Å². The monoisotopic (exact) mass is 240 g/mol. The average molecular weight is 241 g/mol. The number of carbonyl (C=O) groups excluding carboxylic acids is 1. The highest BCUT2D eigenvalue weighted by atomic mass is 35.5. The molecule has 1 aromatic carbocycles. The maximum absolute atomic E-state index is 13.4. The van der Waals surface area contributed by atoms with Crippen LogP contribution < -0.4 is 0 Å². The van der Waals surface area contributed by atoms with Crippen LogP contribution in [0.2, 0.25) is 5.02 Å². The second-order valence-corrected chi connectivity index (χ2v) is 4.18. The number of hydrogen-bond donors (Lipinski definition) is 0. The van der Waals surface area contributed by atoms with Gasteiger partial charge in [0.05, 0.1) is 5.56 Å². The Labute approximate surface area is 95.1 Å². The van der Waals surface area contributed by atoms with Gasteiger partial charge in [0.25, 0.3) is 0 Å². The molecule has 0 fully saturated rings. The lowest BCUT2D eigenvalue weighted by Gasteiger charge is -2.00. The molecule has 15 heavy (non-hydrogen) atoms. The highest BCUT2D eigenvalue weighted by Crippen LogP contribution is 2.19. The van der Waals surface area contributed by atoms with Crippen molar-refractivity contribution in [2.75, 3.05) is 0 Å². The van der Waals surface area contributed by atoms with E-state index < -0.39 is 5.82 Å². The van der Waals surface area contributed by atoms with Crippen molar-refractivity contribution < 1.29 is 9.18 Å². The van der Waals surface area contributed by atoms with E-state index in [2.05, 4.69) is 0 Å². The second-order valence-electron chi connectivity index (χ2n) is 2.97. The van der Waals surface area contributed by atoms with Crippen molar-refractivity contribution in [3.8, 4) is 0 Å². The maximum Gasteiger partial charge on any atom is 0.196 e. The third kappa shape index (κ3) is 2.08. The normalized spacial score (nSPS) is 10.3. The largest absolute Gasteiger partial charge is 0.288 e. The minimum absolute atomic E-state index is 0.0535. The molecule has 0 radical (unpaired) electrons. The second kappa shape index (κ2) is 4.13. The minimum atomic E-state index is -0.585. The highest BCUT2D eigenvalue weighted by Gasteiger charge is 2.14. The maximum atomic E-state index is 13.4. The predicted octanol–water partition coefficient (Wildman–Crippen LogP) is 3.77. The zero-order valence-electron chi connectivity index (χ0n) is 7.54. The molecule has 0 spiro atoms. The van der Waals surface area contributed by atoms with Crippen LogP contribution in [-0.2, 0) is 0 Å². The Bertz CT molecular complexity index is 493. The number of halogens is 2. The van der Waals surface area contributed by atoms with Crippen molar-refractivity contribution in [3.63, 3.8) is 0 Å². The molecule has 2 aromatic rings. The molecule has 0 amide bonds. The fourth-order valence-electron chi connectivity index (χ4n) is 1.22. The third-order valence-corrected chi connectivity index (χ3v) is 2.88. The lowest BCUT2D eigenvalue weighted by atomic mass is 10.1. The molecule has 1 heterocycles. The Morgan fingerprint density at radius 2 is 2.13 bits per heavy atom. The molecule has 76 valence electrons. The van der Waals surface area contributed by atoms with E-state index in [9.17, 15) is 9.18 Å². The van der Waals surface area contributed by atoms with Crippen molar-refractivity contribution in [2.45, 2.75) is 0 Å². The number of carbonyl (C=O) groups is 1. The van der Waals surface area contributed by atoms with E-state index in [1.165, 1.54) is 23.5 Å². The molecule has 0 saturated heterocycles. The van der Waals surface area contributed by atoms with Gasteiger partial charge >= 0.3 is 0 Å². The number of ketones is 1. The van der Waals surface area contributed by atoms with E-state index in [0.29, 0.717) is 5.56 Å². The molecule has 0 aliphatic rings. The Morgan fingerprint density at radius 3 is 2.73 bits per heavy atom. The lowest BCUT2D eigenvalue weighted by Crippen LogP contribution is -2.02. The van der Waals surface area contributed by atoms with Gasteiger partial charge in [-0.15, -0.1) is 0 Å². The SMILES string of the molecule is O=C(c1ccsc1)c1ccc(Cl)cc1F. The summed E-state index contributed by atoms with van der Waals surface area (Å²) in [5.74, 6) is -0.899. The van der Waals surface area contributed by atoms with E-state index in [0.717, 1.165) is 6.07 Å². The minimum Gasteiger partial charge on any atom is -0.288 e. The molecule has 4 heteroatoms. The Morgan fingerprint density at radius 1 is 1.33 bits per heavy atom. The first kappa shape index (κ1) is 10.3. The zero-order chi connectivity index (χ0) is 10.8. The van der Waals surface area contributed by atoms with Crippen molar-refractivity contribution in [1.82, 2.24) is 0 Å². The summed E-state index contributed by atoms with van der Waals surface area (Å²) in [6, 6.07) is 5.71. The number of benzene rings is 1. The molecule has 0 N–H and O–H groups in total. The predicted molar refractivity (Wildman–Crippen MR) is 59.2 cm³/mol. The van der Waals surface area contributed by atoms with Gasteiger partial charge in [0, 0.05) is 16.0 Å². The van der Waals surface area contributed by atoms with Crippen LogP contribution in [0.5, 0.6) is 0 Å². The van der Waals surface area contributed by atoms with Crippen LogP contribution in [0, 0.1) is 5.82 Å². The van der Waals surface area contributed by atoms with E-state index >= 15 is 0 Å². The first-order valence-electron chi connectivity index (χ1n) is 4.20. The molecule has 0 bridgehead atoms. The Balaban J connectivity index is 2.42. The van der Waals surface area contributed by atoms with Gasteiger partial charge in [-0.2, -0.15) is 11.3 Å². The van der Waals surface area contributed by atoms with Gasteiger partial charge in [-0.25, -0.2) is 4.39 Å². The summed E-state index contributed by atoms with van der Waals surface area (Å²) in [6.07, 6.45) is 0. The van der Waals surface area contributed by atoms with Crippen LogP contribution in [-0.4, -0.2) is 5.78 Å². The van der Waals surface area contributed by atoms with Crippen LogP contribution >= 0.6 is 22.9 Å². The van der Waals surface area contributed by atoms with E-state index in [-0.39, 0.29) is 16.4 Å². The van der Waals surface area contributed by atoms with Gasteiger partial charge in [-0.3, -0.25) is 4.79 Å². The quantitative estimate of drug-likeness (QED) is 0.731. The molecular formula is C11H6ClFOS. The van der Waals surface area contributed by atoms with E-state index in [1.807, 2.05) is 0 Å². The van der Waals surface area contributed by atoms with Gasteiger partial charge < -0.3 is 0 Å². The fourth-order valence-corrected chi connectivity index (χ4v) is 2.02. The Kier molecular flexibility index (Phi) is 2.84. The van der Waals surface area contributed by atoms with Gasteiger partial charge in [0.15, 0.2) is 5.78 Å². The number of rotatable bonds is 2. The average Bonchev–Trinajstić information content (AvgIpc) is 2.69. The third-order valence-electron chi connectivity index (χ3n) is 1.96. The lowest BCUT2D eigenvalue weighted by molar-refractivity contribution is 0.103. The summed E-state index contributed by atoms with van der Waals surface area (Å²) in [5, 5.41) is 3.76. The Hall–Kier alpha value is -1.19. The standard InChI is InChI=1S/C11H6ClFOS/c12-8-1-2-9(10(13)5-8)11(14)7-3-4-15-6-7/h1-6H. The smallest absolute Gasteiger partial charge is 0.196 e. The molecular weight excluding hydrogens is 235 g/mol. The van der Waals surface area contributed by atoms with E-state index in [4.69, 9.17) is 11.6 Å². The molecule has 1 nitrogen and oxygen atoms in total. The molecule has 0 atom stereocenters. The van der Waals surface area contributed by atoms with Crippen LogP contribution in [0.15, 0.2) is 35.0 Å². The van der Waals surface area contributed by atoms with Crippen molar-refractivity contribution in [3.05, 3.63) is 57.0 Å². The van der Waals surface area contributed by atoms with Crippen LogP contribution in [0.25, 0.3) is 0 Å². The molecule has 2 rings (SSSR count). The van der Waals surface area contributed by atoms with Crippen molar-refractivity contribution in [2.24, 2.45) is 0 Å². The van der Waals surface area contributed by atoms with E-state index in [1.54, 1.807) is 16.8 Å². The first-order valence-corrected chi connectivity index (χ1v) is 5.52. The fraction of sp³-hybridized carbons (Fsp3) is 0. The molecule has 0 aliphatic heterocycles. The molecule has 1 aromatic heterocycles.